The molecule has 1 aromatic carbocycles. The zero-order valence-electron chi connectivity index (χ0n) is 18.5. The van der Waals surface area contributed by atoms with Crippen LogP contribution >= 0.6 is 0 Å². The summed E-state index contributed by atoms with van der Waals surface area (Å²) in [6.07, 6.45) is 2.64. The predicted molar refractivity (Wildman–Crippen MR) is 116 cm³/mol. The van der Waals surface area contributed by atoms with Gasteiger partial charge in [-0.1, -0.05) is 26.8 Å². The molecule has 0 saturated heterocycles. The smallest absolute Gasteiger partial charge is 0.191 e. The highest BCUT2D eigenvalue weighted by Gasteiger charge is 2.22. The van der Waals surface area contributed by atoms with Crippen molar-refractivity contribution in [2.45, 2.75) is 46.1 Å². The molecule has 8 heteroatoms. The van der Waals surface area contributed by atoms with Crippen molar-refractivity contribution in [1.82, 2.24) is 25.4 Å². The van der Waals surface area contributed by atoms with Gasteiger partial charge in [-0.05, 0) is 24.6 Å². The van der Waals surface area contributed by atoms with E-state index < -0.39 is 0 Å². The van der Waals surface area contributed by atoms with Gasteiger partial charge in [0.2, 0.25) is 0 Å². The van der Waals surface area contributed by atoms with E-state index in [1.807, 2.05) is 12.1 Å². The average Bonchev–Trinajstić information content (AvgIpc) is 3.19. The molecule has 0 atom stereocenters. The Morgan fingerprint density at radius 1 is 1.14 bits per heavy atom. The van der Waals surface area contributed by atoms with Crippen LogP contribution in [0.3, 0.4) is 0 Å². The van der Waals surface area contributed by atoms with Crippen molar-refractivity contribution in [3.63, 3.8) is 0 Å². The third-order valence-corrected chi connectivity index (χ3v) is 4.80. The van der Waals surface area contributed by atoms with E-state index in [1.165, 1.54) is 0 Å². The van der Waals surface area contributed by atoms with Crippen LogP contribution in [0.1, 0.15) is 39.1 Å². The molecule has 2 rings (SSSR count). The van der Waals surface area contributed by atoms with Crippen LogP contribution in [0.2, 0.25) is 0 Å². The van der Waals surface area contributed by atoms with Crippen molar-refractivity contribution < 1.29 is 9.47 Å². The Hall–Kier alpha value is -2.77. The van der Waals surface area contributed by atoms with Gasteiger partial charge >= 0.3 is 0 Å². The minimum Gasteiger partial charge on any atom is -0.493 e. The first-order chi connectivity index (χ1) is 13.9. The molecule has 0 saturated carbocycles. The number of rotatable bonds is 10. The standard InChI is InChI=1S/C21H34N6O2/c1-7-19-26-25-15-27(19)12-11-23-20(22-8-2)24-14-21(3,4)16-9-10-17(28-5)18(13-16)29-6/h9-10,13,15H,7-8,11-12,14H2,1-6H3,(H2,22,23,24). The Labute approximate surface area is 173 Å². The van der Waals surface area contributed by atoms with Gasteiger partial charge in [0.15, 0.2) is 17.5 Å². The largest absolute Gasteiger partial charge is 0.493 e. The molecule has 29 heavy (non-hydrogen) atoms. The van der Waals surface area contributed by atoms with Crippen LogP contribution in [-0.4, -0.2) is 54.6 Å². The molecule has 0 fully saturated rings. The van der Waals surface area contributed by atoms with Gasteiger partial charge in [0.05, 0.1) is 20.8 Å². The summed E-state index contributed by atoms with van der Waals surface area (Å²) in [7, 11) is 3.30. The quantitative estimate of drug-likeness (QED) is 0.469. The van der Waals surface area contributed by atoms with E-state index in [9.17, 15) is 0 Å². The SMILES string of the molecule is CCNC(=NCC(C)(C)c1ccc(OC)c(OC)c1)NCCn1cnnc1CC. The second-order valence-corrected chi connectivity index (χ2v) is 7.37. The first-order valence-corrected chi connectivity index (χ1v) is 10.1. The molecule has 2 aromatic rings. The highest BCUT2D eigenvalue weighted by Crippen LogP contribution is 2.33. The lowest BCUT2D eigenvalue weighted by atomic mass is 9.84. The van der Waals surface area contributed by atoms with E-state index in [0.29, 0.717) is 6.54 Å². The summed E-state index contributed by atoms with van der Waals surface area (Å²) in [6.45, 7) is 11.5. The maximum absolute atomic E-state index is 5.45. The van der Waals surface area contributed by atoms with Crippen LogP contribution in [0.25, 0.3) is 0 Å². The molecule has 0 radical (unpaired) electrons. The molecule has 0 unspecified atom stereocenters. The summed E-state index contributed by atoms with van der Waals surface area (Å²) in [4.78, 5) is 4.80. The van der Waals surface area contributed by atoms with Crippen LogP contribution < -0.4 is 20.1 Å². The number of aryl methyl sites for hydroxylation is 1. The van der Waals surface area contributed by atoms with E-state index >= 15 is 0 Å². The van der Waals surface area contributed by atoms with Crippen molar-refractivity contribution in [3.8, 4) is 11.5 Å². The Balaban J connectivity index is 2.03. The second kappa shape index (κ2) is 10.7. The molecule has 0 aliphatic rings. The van der Waals surface area contributed by atoms with Gasteiger partial charge in [0.25, 0.3) is 0 Å². The van der Waals surface area contributed by atoms with Crippen molar-refractivity contribution in [2.75, 3.05) is 33.9 Å². The lowest BCUT2D eigenvalue weighted by Crippen LogP contribution is -2.40. The zero-order valence-corrected chi connectivity index (χ0v) is 18.5. The number of aliphatic imine (C=N–C) groups is 1. The molecule has 0 spiro atoms. The summed E-state index contributed by atoms with van der Waals surface area (Å²) < 4.78 is 12.8. The summed E-state index contributed by atoms with van der Waals surface area (Å²) in [5.41, 5.74) is 0.984. The van der Waals surface area contributed by atoms with Gasteiger partial charge < -0.3 is 24.7 Å². The number of hydrogen-bond donors (Lipinski definition) is 2. The highest BCUT2D eigenvalue weighted by molar-refractivity contribution is 5.79. The second-order valence-electron chi connectivity index (χ2n) is 7.37. The molecule has 0 aliphatic carbocycles. The maximum Gasteiger partial charge on any atom is 0.191 e. The number of methoxy groups -OCH3 is 2. The van der Waals surface area contributed by atoms with E-state index in [-0.39, 0.29) is 5.41 Å². The maximum atomic E-state index is 5.45. The van der Waals surface area contributed by atoms with Crippen LogP contribution in [0.15, 0.2) is 29.5 Å². The number of guanidine groups is 1. The van der Waals surface area contributed by atoms with Crippen LogP contribution in [0.5, 0.6) is 11.5 Å². The summed E-state index contributed by atoms with van der Waals surface area (Å²) in [5, 5.41) is 14.8. The molecule has 1 aromatic heterocycles. The topological polar surface area (TPSA) is 85.6 Å². The van der Waals surface area contributed by atoms with Crippen LogP contribution in [0, 0.1) is 0 Å². The summed E-state index contributed by atoms with van der Waals surface area (Å²) >= 11 is 0. The van der Waals surface area contributed by atoms with Gasteiger partial charge in [-0.3, -0.25) is 4.99 Å². The van der Waals surface area contributed by atoms with Crippen LogP contribution in [0.4, 0.5) is 0 Å². The van der Waals surface area contributed by atoms with Gasteiger partial charge in [0, 0.05) is 31.5 Å². The monoisotopic (exact) mass is 402 g/mol. The normalized spacial score (nSPS) is 12.0. The molecule has 0 amide bonds. The van der Waals surface area contributed by atoms with Gasteiger partial charge in [0.1, 0.15) is 12.2 Å². The van der Waals surface area contributed by atoms with Gasteiger partial charge in [-0.15, -0.1) is 10.2 Å². The fraction of sp³-hybridized carbons (Fsp3) is 0.571. The molecule has 2 N–H and O–H groups in total. The number of aromatic nitrogens is 3. The number of hydrogen-bond acceptors (Lipinski definition) is 5. The molecule has 8 nitrogen and oxygen atoms in total. The number of nitrogens with one attached hydrogen (secondary N) is 2. The van der Waals surface area contributed by atoms with Gasteiger partial charge in [-0.25, -0.2) is 0 Å². The molecule has 160 valence electrons. The van der Waals surface area contributed by atoms with Crippen molar-refractivity contribution in [2.24, 2.45) is 4.99 Å². The molecular weight excluding hydrogens is 368 g/mol. The van der Waals surface area contributed by atoms with Gasteiger partial charge in [-0.2, -0.15) is 0 Å². The minimum atomic E-state index is -0.161. The lowest BCUT2D eigenvalue weighted by molar-refractivity contribution is 0.353. The van der Waals surface area contributed by atoms with E-state index in [2.05, 4.69) is 59.2 Å². The van der Waals surface area contributed by atoms with E-state index in [4.69, 9.17) is 14.5 Å². The minimum absolute atomic E-state index is 0.161. The Bertz CT molecular complexity index is 800. The van der Waals surface area contributed by atoms with E-state index in [1.54, 1.807) is 20.5 Å². The Kier molecular flexibility index (Phi) is 8.30. The third-order valence-electron chi connectivity index (χ3n) is 4.80. The number of benzene rings is 1. The average molecular weight is 403 g/mol. The number of nitrogens with zero attached hydrogens (tertiary/aromatic N) is 4. The number of ether oxygens (including phenoxy) is 2. The first-order valence-electron chi connectivity index (χ1n) is 10.1. The Morgan fingerprint density at radius 2 is 1.90 bits per heavy atom. The lowest BCUT2D eigenvalue weighted by Gasteiger charge is -2.25. The summed E-state index contributed by atoms with van der Waals surface area (Å²) in [5.74, 6) is 3.24. The fourth-order valence-electron chi connectivity index (χ4n) is 3.00. The molecule has 1 heterocycles. The molecule has 0 aliphatic heterocycles. The van der Waals surface area contributed by atoms with Crippen LogP contribution in [-0.2, 0) is 18.4 Å². The first kappa shape index (κ1) is 22.5. The van der Waals surface area contributed by atoms with Crippen molar-refractivity contribution in [3.05, 3.63) is 35.9 Å². The summed E-state index contributed by atoms with van der Waals surface area (Å²) in [6, 6.07) is 6.02. The molecule has 0 bridgehead atoms. The molecular formula is C21H34N6O2. The predicted octanol–water partition coefficient (Wildman–Crippen LogP) is 2.39. The Morgan fingerprint density at radius 3 is 2.55 bits per heavy atom. The van der Waals surface area contributed by atoms with Crippen molar-refractivity contribution >= 4 is 5.96 Å². The third kappa shape index (κ3) is 6.10. The van der Waals surface area contributed by atoms with E-state index in [0.717, 1.165) is 54.9 Å². The zero-order chi connectivity index (χ0) is 21.3. The highest BCUT2D eigenvalue weighted by atomic mass is 16.5. The van der Waals surface area contributed by atoms with Crippen molar-refractivity contribution in [1.29, 1.82) is 0 Å². The fourth-order valence-corrected chi connectivity index (χ4v) is 3.00.